The summed E-state index contributed by atoms with van der Waals surface area (Å²) in [4.78, 5) is 22.8. The summed E-state index contributed by atoms with van der Waals surface area (Å²) >= 11 is 0. The van der Waals surface area contributed by atoms with Gasteiger partial charge in [-0.2, -0.15) is 0 Å². The number of sulfonamides is 1. The summed E-state index contributed by atoms with van der Waals surface area (Å²) in [5.74, 6) is -1.41. The first-order valence-corrected chi connectivity index (χ1v) is 8.90. The highest BCUT2D eigenvalue weighted by molar-refractivity contribution is 7.88. The van der Waals surface area contributed by atoms with Crippen LogP contribution in [0.15, 0.2) is 0 Å². The third kappa shape index (κ3) is 7.28. The number of aliphatic carboxylic acids is 1. The van der Waals surface area contributed by atoms with Crippen molar-refractivity contribution in [3.8, 4) is 0 Å². The normalized spacial score (nSPS) is 22.5. The van der Waals surface area contributed by atoms with E-state index in [0.29, 0.717) is 25.8 Å². The Balaban J connectivity index is 2.24. The molecular formula is C12H23N3O5S. The SMILES string of the molecule is CS(=O)(=O)NCCCNC(=O)NC1CCCCC1C(=O)O. The molecule has 4 N–H and O–H groups in total. The van der Waals surface area contributed by atoms with Gasteiger partial charge in [-0.05, 0) is 19.3 Å². The van der Waals surface area contributed by atoms with E-state index in [4.69, 9.17) is 5.11 Å². The summed E-state index contributed by atoms with van der Waals surface area (Å²) < 4.78 is 24.0. The first-order valence-electron chi connectivity index (χ1n) is 7.01. The Labute approximate surface area is 124 Å². The van der Waals surface area contributed by atoms with Crippen LogP contribution in [-0.2, 0) is 14.8 Å². The monoisotopic (exact) mass is 321 g/mol. The lowest BCUT2D eigenvalue weighted by molar-refractivity contribution is -0.143. The van der Waals surface area contributed by atoms with Gasteiger partial charge in [-0.1, -0.05) is 12.8 Å². The molecule has 2 amide bonds. The lowest BCUT2D eigenvalue weighted by atomic mass is 9.84. The van der Waals surface area contributed by atoms with E-state index in [2.05, 4.69) is 15.4 Å². The first-order chi connectivity index (χ1) is 9.79. The van der Waals surface area contributed by atoms with Gasteiger partial charge in [-0.25, -0.2) is 17.9 Å². The van der Waals surface area contributed by atoms with Crippen molar-refractivity contribution in [2.24, 2.45) is 5.92 Å². The minimum absolute atomic E-state index is 0.250. The van der Waals surface area contributed by atoms with Gasteiger partial charge in [-0.15, -0.1) is 0 Å². The van der Waals surface area contributed by atoms with Crippen LogP contribution in [0.3, 0.4) is 0 Å². The second-order valence-corrected chi connectivity index (χ2v) is 7.09. The molecule has 0 heterocycles. The highest BCUT2D eigenvalue weighted by Gasteiger charge is 2.31. The van der Waals surface area contributed by atoms with Crippen LogP contribution in [-0.4, -0.2) is 50.9 Å². The molecule has 0 saturated heterocycles. The van der Waals surface area contributed by atoms with Crippen LogP contribution in [0.5, 0.6) is 0 Å². The van der Waals surface area contributed by atoms with Crippen molar-refractivity contribution in [3.63, 3.8) is 0 Å². The third-order valence-electron chi connectivity index (χ3n) is 3.40. The average Bonchev–Trinajstić information content (AvgIpc) is 2.37. The van der Waals surface area contributed by atoms with Crippen LogP contribution in [0.1, 0.15) is 32.1 Å². The first kappa shape index (κ1) is 17.7. The van der Waals surface area contributed by atoms with Crippen LogP contribution in [0.2, 0.25) is 0 Å². The van der Waals surface area contributed by atoms with Crippen LogP contribution >= 0.6 is 0 Å². The maximum absolute atomic E-state index is 11.7. The van der Waals surface area contributed by atoms with Crippen molar-refractivity contribution >= 4 is 22.0 Å². The van der Waals surface area contributed by atoms with Crippen molar-refractivity contribution in [3.05, 3.63) is 0 Å². The molecule has 2 unspecified atom stereocenters. The maximum atomic E-state index is 11.7. The number of hydrogen-bond donors (Lipinski definition) is 4. The van der Waals surface area contributed by atoms with E-state index in [-0.39, 0.29) is 12.6 Å². The maximum Gasteiger partial charge on any atom is 0.315 e. The Morgan fingerprint density at radius 3 is 2.48 bits per heavy atom. The molecule has 0 aromatic carbocycles. The predicted molar refractivity (Wildman–Crippen MR) is 77.4 cm³/mol. The Morgan fingerprint density at radius 1 is 1.19 bits per heavy atom. The second-order valence-electron chi connectivity index (χ2n) is 5.26. The number of hydrogen-bond acceptors (Lipinski definition) is 4. The van der Waals surface area contributed by atoms with Crippen LogP contribution in [0, 0.1) is 5.92 Å². The highest BCUT2D eigenvalue weighted by atomic mass is 32.2. The topological polar surface area (TPSA) is 125 Å². The summed E-state index contributed by atoms with van der Waals surface area (Å²) in [6.45, 7) is 0.569. The number of carbonyl (C=O) groups is 2. The minimum atomic E-state index is -3.21. The number of rotatable bonds is 7. The van der Waals surface area contributed by atoms with Gasteiger partial charge < -0.3 is 15.7 Å². The quantitative estimate of drug-likeness (QED) is 0.486. The number of carbonyl (C=O) groups excluding carboxylic acids is 1. The van der Waals surface area contributed by atoms with Gasteiger partial charge in [0.2, 0.25) is 10.0 Å². The van der Waals surface area contributed by atoms with Crippen molar-refractivity contribution in [1.82, 2.24) is 15.4 Å². The molecule has 0 bridgehead atoms. The van der Waals surface area contributed by atoms with Crippen molar-refractivity contribution in [1.29, 1.82) is 0 Å². The summed E-state index contributed by atoms with van der Waals surface area (Å²) in [5.41, 5.74) is 0. The fraction of sp³-hybridized carbons (Fsp3) is 0.833. The fourth-order valence-electron chi connectivity index (χ4n) is 2.37. The molecule has 1 rings (SSSR count). The highest BCUT2D eigenvalue weighted by Crippen LogP contribution is 2.24. The molecule has 21 heavy (non-hydrogen) atoms. The molecule has 9 heteroatoms. The smallest absolute Gasteiger partial charge is 0.315 e. The van der Waals surface area contributed by atoms with Gasteiger partial charge in [0, 0.05) is 19.1 Å². The van der Waals surface area contributed by atoms with Gasteiger partial charge in [0.1, 0.15) is 0 Å². The van der Waals surface area contributed by atoms with Crippen molar-refractivity contribution in [2.75, 3.05) is 19.3 Å². The largest absolute Gasteiger partial charge is 0.481 e. The summed E-state index contributed by atoms with van der Waals surface area (Å²) in [6.07, 6.45) is 4.56. The molecule has 1 aliphatic rings. The zero-order valence-corrected chi connectivity index (χ0v) is 12.9. The molecule has 2 atom stereocenters. The molecule has 1 aliphatic carbocycles. The van der Waals surface area contributed by atoms with Gasteiger partial charge in [-0.3, -0.25) is 4.79 Å². The van der Waals surface area contributed by atoms with E-state index in [0.717, 1.165) is 19.1 Å². The zero-order valence-electron chi connectivity index (χ0n) is 12.1. The van der Waals surface area contributed by atoms with Gasteiger partial charge in [0.15, 0.2) is 0 Å². The number of carboxylic acids is 1. The van der Waals surface area contributed by atoms with Gasteiger partial charge >= 0.3 is 12.0 Å². The summed E-state index contributed by atoms with van der Waals surface area (Å²) in [7, 11) is -3.21. The fourth-order valence-corrected chi connectivity index (χ4v) is 2.88. The molecule has 8 nitrogen and oxygen atoms in total. The molecule has 0 spiro atoms. The molecule has 0 aromatic rings. The molecule has 1 fully saturated rings. The zero-order chi connectivity index (χ0) is 15.9. The van der Waals surface area contributed by atoms with Crippen LogP contribution in [0.4, 0.5) is 4.79 Å². The minimum Gasteiger partial charge on any atom is -0.481 e. The number of nitrogens with one attached hydrogen (secondary N) is 3. The number of urea groups is 1. The third-order valence-corrected chi connectivity index (χ3v) is 4.13. The molecular weight excluding hydrogens is 298 g/mol. The standard InChI is InChI=1S/C12H23N3O5S/c1-21(19,20)14-8-4-7-13-12(18)15-10-6-3-2-5-9(10)11(16)17/h9-10,14H,2-8H2,1H3,(H,16,17)(H2,13,15,18). The Morgan fingerprint density at radius 2 is 1.86 bits per heavy atom. The van der Waals surface area contributed by atoms with Crippen molar-refractivity contribution in [2.45, 2.75) is 38.1 Å². The number of amides is 2. The van der Waals surface area contributed by atoms with Gasteiger partial charge in [0.25, 0.3) is 0 Å². The van der Waals surface area contributed by atoms with Gasteiger partial charge in [0.05, 0.1) is 12.2 Å². The average molecular weight is 321 g/mol. The van der Waals surface area contributed by atoms with E-state index in [1.807, 2.05) is 0 Å². The van der Waals surface area contributed by atoms with Crippen LogP contribution in [0.25, 0.3) is 0 Å². The van der Waals surface area contributed by atoms with E-state index >= 15 is 0 Å². The van der Waals surface area contributed by atoms with E-state index in [1.165, 1.54) is 0 Å². The molecule has 1 saturated carbocycles. The van der Waals surface area contributed by atoms with E-state index in [9.17, 15) is 18.0 Å². The van der Waals surface area contributed by atoms with E-state index < -0.39 is 27.9 Å². The molecule has 0 aliphatic heterocycles. The Hall–Kier alpha value is -1.35. The van der Waals surface area contributed by atoms with E-state index in [1.54, 1.807) is 0 Å². The Bertz CT molecular complexity index is 466. The number of carboxylic acid groups (broad SMARTS) is 1. The summed E-state index contributed by atoms with van der Waals surface area (Å²) in [5, 5.41) is 14.4. The molecule has 0 aromatic heterocycles. The second kappa shape index (κ2) is 8.18. The predicted octanol–water partition coefficient (Wildman–Crippen LogP) is -0.132. The molecule has 0 radical (unpaired) electrons. The summed E-state index contributed by atoms with van der Waals surface area (Å²) in [6, 6.07) is -0.752. The van der Waals surface area contributed by atoms with Crippen molar-refractivity contribution < 1.29 is 23.1 Å². The lowest BCUT2D eigenvalue weighted by Gasteiger charge is -2.29. The Kier molecular flexibility index (Phi) is 6.90. The lowest BCUT2D eigenvalue weighted by Crippen LogP contribution is -2.49. The van der Waals surface area contributed by atoms with Crippen LogP contribution < -0.4 is 15.4 Å². The molecule has 122 valence electrons.